The first-order chi connectivity index (χ1) is 16.2. The lowest BCUT2D eigenvalue weighted by atomic mass is 9.99. The van der Waals surface area contributed by atoms with Crippen LogP contribution in [0.25, 0.3) is 0 Å². The van der Waals surface area contributed by atoms with Crippen LogP contribution in [0.3, 0.4) is 0 Å². The average Bonchev–Trinajstić information content (AvgIpc) is 2.79. The van der Waals surface area contributed by atoms with Crippen LogP contribution in [-0.4, -0.2) is 61.6 Å². The molecule has 0 atom stereocenters. The van der Waals surface area contributed by atoms with Gasteiger partial charge in [-0.25, -0.2) is 19.6 Å². The van der Waals surface area contributed by atoms with Gasteiger partial charge in [0.2, 0.25) is 0 Å². The lowest BCUT2D eigenvalue weighted by molar-refractivity contribution is 0.0592. The van der Waals surface area contributed by atoms with Gasteiger partial charge in [0.1, 0.15) is 0 Å². The smallest absolute Gasteiger partial charge is 0.356 e. The van der Waals surface area contributed by atoms with E-state index in [9.17, 15) is 9.59 Å². The number of hydrogen-bond acceptors (Lipinski definition) is 9. The second kappa shape index (κ2) is 12.8. The van der Waals surface area contributed by atoms with Crippen LogP contribution in [0.2, 0.25) is 0 Å². The molecule has 2 heterocycles. The van der Waals surface area contributed by atoms with E-state index in [1.807, 2.05) is 20.8 Å². The van der Waals surface area contributed by atoms with Gasteiger partial charge in [-0.05, 0) is 10.8 Å². The average molecular weight is 493 g/mol. The number of methoxy groups -OCH3 is 3. The Morgan fingerprint density at radius 2 is 1.14 bits per heavy atom. The van der Waals surface area contributed by atoms with E-state index in [1.165, 1.54) is 45.9 Å². The third-order valence-electron chi connectivity index (χ3n) is 4.04. The standard InChI is InChI=1S/C13H19NO4.C12H17NO4/c1-13(2,3)8-18-11-7-14-9(12(15)17-5)6-10(11)16-4;1-12(2,3)7-17-10-6-13-8(11(14)15)5-9(10)16-4/h6-7H,8H2,1-5H3;5-6H,7H2,1-4H3,(H,14,15). The molecule has 10 heteroatoms. The highest BCUT2D eigenvalue weighted by Gasteiger charge is 2.17. The first-order valence-electron chi connectivity index (χ1n) is 10.9. The van der Waals surface area contributed by atoms with E-state index in [2.05, 4.69) is 35.5 Å². The SMILES string of the molecule is COC(=O)c1cc(OC)c(OCC(C)(C)C)cn1.COc1cc(C(=O)O)ncc1OCC(C)(C)C. The number of hydrogen-bond donors (Lipinski definition) is 1. The van der Waals surface area contributed by atoms with Gasteiger partial charge in [0, 0.05) is 12.1 Å². The second-order valence-electron chi connectivity index (χ2n) is 9.94. The Kier molecular flexibility index (Phi) is 10.8. The summed E-state index contributed by atoms with van der Waals surface area (Å²) in [6, 6.07) is 2.85. The summed E-state index contributed by atoms with van der Waals surface area (Å²) < 4.78 is 26.0. The molecule has 0 aliphatic rings. The first-order valence-corrected chi connectivity index (χ1v) is 10.9. The van der Waals surface area contributed by atoms with Crippen LogP contribution in [0.15, 0.2) is 24.5 Å². The number of aromatic carboxylic acids is 1. The molecule has 0 bridgehead atoms. The predicted octanol–water partition coefficient (Wildman–Crippen LogP) is 4.52. The number of ether oxygens (including phenoxy) is 5. The van der Waals surface area contributed by atoms with Crippen molar-refractivity contribution in [3.63, 3.8) is 0 Å². The van der Waals surface area contributed by atoms with E-state index in [0.717, 1.165) is 0 Å². The lowest BCUT2D eigenvalue weighted by Crippen LogP contribution is -2.17. The summed E-state index contributed by atoms with van der Waals surface area (Å²) in [5, 5.41) is 8.80. The molecule has 0 saturated carbocycles. The number of carboxylic acid groups (broad SMARTS) is 1. The number of carbonyl (C=O) groups excluding carboxylic acids is 1. The van der Waals surface area contributed by atoms with Crippen molar-refractivity contribution in [2.45, 2.75) is 41.5 Å². The van der Waals surface area contributed by atoms with E-state index in [4.69, 9.17) is 24.1 Å². The summed E-state index contributed by atoms with van der Waals surface area (Å²) in [5.74, 6) is 0.213. The molecule has 0 unspecified atom stereocenters. The molecule has 1 N–H and O–H groups in total. The molecular formula is C25H36N2O8. The third-order valence-corrected chi connectivity index (χ3v) is 4.04. The Balaban J connectivity index is 0.000000351. The maximum Gasteiger partial charge on any atom is 0.356 e. The van der Waals surface area contributed by atoms with Crippen LogP contribution in [-0.2, 0) is 4.74 Å². The van der Waals surface area contributed by atoms with Gasteiger partial charge in [-0.1, -0.05) is 41.5 Å². The summed E-state index contributed by atoms with van der Waals surface area (Å²) in [7, 11) is 4.28. The minimum Gasteiger partial charge on any atom is -0.493 e. The maximum atomic E-state index is 11.3. The first kappa shape index (κ1) is 29.5. The highest BCUT2D eigenvalue weighted by molar-refractivity contribution is 5.87. The Bertz CT molecular complexity index is 994. The topological polar surface area (TPSA) is 126 Å². The zero-order valence-corrected chi connectivity index (χ0v) is 21.9. The molecule has 0 spiro atoms. The number of pyridine rings is 2. The third kappa shape index (κ3) is 10.5. The van der Waals surface area contributed by atoms with E-state index in [1.54, 1.807) is 0 Å². The molecule has 2 rings (SSSR count). The highest BCUT2D eigenvalue weighted by atomic mass is 16.5. The van der Waals surface area contributed by atoms with Crippen LogP contribution in [0.4, 0.5) is 0 Å². The zero-order chi connectivity index (χ0) is 26.8. The molecule has 35 heavy (non-hydrogen) atoms. The molecule has 0 saturated heterocycles. The number of nitrogens with zero attached hydrogens (tertiary/aromatic N) is 2. The predicted molar refractivity (Wildman–Crippen MR) is 130 cm³/mol. The number of rotatable bonds is 8. The number of aromatic nitrogens is 2. The van der Waals surface area contributed by atoms with Gasteiger partial charge in [-0.2, -0.15) is 0 Å². The van der Waals surface area contributed by atoms with Crippen LogP contribution < -0.4 is 18.9 Å². The normalized spacial score (nSPS) is 11.0. The van der Waals surface area contributed by atoms with Crippen molar-refractivity contribution in [1.29, 1.82) is 0 Å². The Hall–Kier alpha value is -3.56. The highest BCUT2D eigenvalue weighted by Crippen LogP contribution is 2.29. The Labute approximate surface area is 206 Å². The van der Waals surface area contributed by atoms with E-state index in [0.29, 0.717) is 36.2 Å². The van der Waals surface area contributed by atoms with E-state index in [-0.39, 0.29) is 22.2 Å². The fourth-order valence-corrected chi connectivity index (χ4v) is 2.31. The summed E-state index contributed by atoms with van der Waals surface area (Å²) >= 11 is 0. The summed E-state index contributed by atoms with van der Waals surface area (Å²) in [6.07, 6.45) is 2.84. The van der Waals surface area contributed by atoms with Crippen molar-refractivity contribution in [3.05, 3.63) is 35.9 Å². The van der Waals surface area contributed by atoms with Crippen molar-refractivity contribution < 1.29 is 38.4 Å². The minimum absolute atomic E-state index is 0.0104. The monoisotopic (exact) mass is 492 g/mol. The van der Waals surface area contributed by atoms with Gasteiger partial charge >= 0.3 is 11.9 Å². The molecule has 2 aromatic rings. The Morgan fingerprint density at radius 1 is 0.743 bits per heavy atom. The van der Waals surface area contributed by atoms with Crippen molar-refractivity contribution in [3.8, 4) is 23.0 Å². The second-order valence-corrected chi connectivity index (χ2v) is 9.94. The molecule has 194 valence electrons. The lowest BCUT2D eigenvalue weighted by Gasteiger charge is -2.19. The van der Waals surface area contributed by atoms with Gasteiger partial charge in [-0.3, -0.25) is 0 Å². The molecule has 0 fully saturated rings. The van der Waals surface area contributed by atoms with Gasteiger partial charge in [0.05, 0.1) is 46.9 Å². The molecule has 0 aliphatic heterocycles. The van der Waals surface area contributed by atoms with Crippen LogP contribution in [0.5, 0.6) is 23.0 Å². The number of carbonyl (C=O) groups is 2. The fraction of sp³-hybridized carbons (Fsp3) is 0.520. The van der Waals surface area contributed by atoms with Crippen LogP contribution in [0.1, 0.15) is 62.5 Å². The molecule has 0 aliphatic carbocycles. The van der Waals surface area contributed by atoms with Gasteiger partial charge in [-0.15, -0.1) is 0 Å². The van der Waals surface area contributed by atoms with E-state index < -0.39 is 11.9 Å². The molecule has 0 aromatic carbocycles. The number of carboxylic acids is 1. The van der Waals surface area contributed by atoms with Gasteiger partial charge < -0.3 is 28.8 Å². The summed E-state index contributed by atoms with van der Waals surface area (Å²) in [4.78, 5) is 29.8. The van der Waals surface area contributed by atoms with Crippen molar-refractivity contribution in [1.82, 2.24) is 9.97 Å². The van der Waals surface area contributed by atoms with Gasteiger partial charge in [0.15, 0.2) is 34.4 Å². The molecule has 0 radical (unpaired) electrons. The molecule has 0 amide bonds. The maximum absolute atomic E-state index is 11.3. The van der Waals surface area contributed by atoms with Gasteiger partial charge in [0.25, 0.3) is 0 Å². The van der Waals surface area contributed by atoms with Crippen molar-refractivity contribution in [2.24, 2.45) is 10.8 Å². The van der Waals surface area contributed by atoms with Crippen molar-refractivity contribution in [2.75, 3.05) is 34.5 Å². The van der Waals surface area contributed by atoms with Crippen LogP contribution >= 0.6 is 0 Å². The summed E-state index contributed by atoms with van der Waals surface area (Å²) in [5.41, 5.74) is 0.171. The fourth-order valence-electron chi connectivity index (χ4n) is 2.31. The zero-order valence-electron chi connectivity index (χ0n) is 21.9. The minimum atomic E-state index is -1.09. The Morgan fingerprint density at radius 3 is 1.49 bits per heavy atom. The molecule has 2 aromatic heterocycles. The molecular weight excluding hydrogens is 456 g/mol. The summed E-state index contributed by atoms with van der Waals surface area (Å²) in [6.45, 7) is 13.3. The van der Waals surface area contributed by atoms with Crippen molar-refractivity contribution >= 4 is 11.9 Å². The van der Waals surface area contributed by atoms with E-state index >= 15 is 0 Å². The molecule has 10 nitrogen and oxygen atoms in total. The van der Waals surface area contributed by atoms with Crippen LogP contribution in [0, 0.1) is 10.8 Å². The number of esters is 1. The largest absolute Gasteiger partial charge is 0.493 e. The quantitative estimate of drug-likeness (QED) is 0.526.